The number of hydrogen-bond acceptors (Lipinski definition) is 4. The zero-order valence-corrected chi connectivity index (χ0v) is 13.0. The Morgan fingerprint density at radius 2 is 1.44 bits per heavy atom. The average Bonchev–Trinajstić information content (AvgIpc) is 2.17. The van der Waals surface area contributed by atoms with E-state index in [0.717, 1.165) is 6.92 Å². The Morgan fingerprint density at radius 3 is 1.67 bits per heavy atom. The van der Waals surface area contributed by atoms with Gasteiger partial charge in [0.25, 0.3) is 5.97 Å². The maximum absolute atomic E-state index is 11.4. The third-order valence-corrected chi connectivity index (χ3v) is 2.53. The molecule has 0 saturated carbocycles. The molecule has 0 spiro atoms. The number of carbonyl (C=O) groups is 4. The van der Waals surface area contributed by atoms with Crippen LogP contribution in [-0.2, 0) is 14.4 Å². The molecule has 1 heterocycles. The fourth-order valence-corrected chi connectivity index (χ4v) is 1.47. The fraction of sp³-hybridized carbons (Fsp3) is 0.600. The number of urea groups is 1. The van der Waals surface area contributed by atoms with Crippen LogP contribution in [0.3, 0.4) is 0 Å². The number of imide groups is 2. The summed E-state index contributed by atoms with van der Waals surface area (Å²) in [6, 6.07) is -0.729. The zero-order chi connectivity index (χ0) is 13.6. The van der Waals surface area contributed by atoms with Gasteiger partial charge < -0.3 is 5.11 Å². The van der Waals surface area contributed by atoms with Crippen LogP contribution in [0.5, 0.6) is 0 Å². The Kier molecular flexibility index (Phi) is 8.88. The number of hydrogen-bond donors (Lipinski definition) is 3. The largest absolute Gasteiger partial charge is 0.481 e. The molecular weight excluding hydrogens is 251 g/mol. The van der Waals surface area contributed by atoms with Crippen molar-refractivity contribution in [2.24, 2.45) is 5.41 Å². The molecule has 0 aromatic rings. The first-order valence-corrected chi connectivity index (χ1v) is 5.16. The minimum absolute atomic E-state index is 0. The molecule has 1 saturated heterocycles. The standard InChI is InChI=1S/C8H12N2O3.C2H4O2.Na.H2/c1-3-8(4-2)5(11)9-7(13)10-6(8)12;1-2(3)4;;/h3-4H2,1-2H3,(H2,9,10,11,12,13);1H3,(H,3,4);;1H. The zero-order valence-electron chi connectivity index (χ0n) is 11.0. The van der Waals surface area contributed by atoms with Crippen LogP contribution >= 0.6 is 0 Å². The van der Waals surface area contributed by atoms with Crippen molar-refractivity contribution in [1.29, 1.82) is 0 Å². The van der Waals surface area contributed by atoms with E-state index in [-0.39, 0.29) is 31.0 Å². The second-order valence-electron chi connectivity index (χ2n) is 3.55. The summed E-state index contributed by atoms with van der Waals surface area (Å²) in [5, 5.41) is 11.6. The maximum atomic E-state index is 11.4. The molecule has 1 radical (unpaired) electrons. The Bertz CT molecular complexity index is 332. The fourth-order valence-electron chi connectivity index (χ4n) is 1.47. The van der Waals surface area contributed by atoms with Crippen LogP contribution in [0.2, 0.25) is 0 Å². The molecule has 0 aromatic heterocycles. The summed E-state index contributed by atoms with van der Waals surface area (Å²) in [6.45, 7) is 4.58. The molecule has 1 aliphatic heterocycles. The third kappa shape index (κ3) is 4.75. The van der Waals surface area contributed by atoms with Crippen molar-refractivity contribution in [2.75, 3.05) is 0 Å². The van der Waals surface area contributed by atoms with Crippen LogP contribution in [0.4, 0.5) is 4.79 Å². The van der Waals surface area contributed by atoms with Gasteiger partial charge >= 0.3 is 6.03 Å². The van der Waals surface area contributed by atoms with Gasteiger partial charge in [-0.05, 0) is 12.8 Å². The van der Waals surface area contributed by atoms with E-state index in [1.165, 1.54) is 0 Å². The Hall–Kier alpha value is -0.920. The van der Waals surface area contributed by atoms with Crippen LogP contribution in [0.25, 0.3) is 0 Å². The SMILES string of the molecule is CC(=O)O.CCC1(CC)C(=O)NC(=O)NC1=O.[HH].[Na]. The quantitative estimate of drug-likeness (QED) is 0.486. The summed E-state index contributed by atoms with van der Waals surface area (Å²) < 4.78 is 0. The topological polar surface area (TPSA) is 113 Å². The molecule has 99 valence electrons. The van der Waals surface area contributed by atoms with Gasteiger partial charge in [-0.15, -0.1) is 0 Å². The Labute approximate surface area is 128 Å². The number of amides is 4. The van der Waals surface area contributed by atoms with Crippen molar-refractivity contribution < 1.29 is 25.7 Å². The predicted molar refractivity (Wildman–Crippen MR) is 65.9 cm³/mol. The molecule has 0 atom stereocenters. The molecule has 0 aromatic carbocycles. The average molecular weight is 269 g/mol. The summed E-state index contributed by atoms with van der Waals surface area (Å²) in [6.07, 6.45) is 0.795. The van der Waals surface area contributed by atoms with E-state index >= 15 is 0 Å². The molecule has 0 unspecified atom stereocenters. The van der Waals surface area contributed by atoms with Gasteiger partial charge in [0.2, 0.25) is 11.8 Å². The minimum Gasteiger partial charge on any atom is -0.481 e. The normalized spacial score (nSPS) is 16.5. The summed E-state index contributed by atoms with van der Waals surface area (Å²) in [5.74, 6) is -1.82. The third-order valence-electron chi connectivity index (χ3n) is 2.53. The summed E-state index contributed by atoms with van der Waals surface area (Å²) >= 11 is 0. The van der Waals surface area contributed by atoms with Gasteiger partial charge in [-0.3, -0.25) is 25.0 Å². The van der Waals surface area contributed by atoms with Gasteiger partial charge in [0.05, 0.1) is 0 Å². The summed E-state index contributed by atoms with van der Waals surface area (Å²) in [5.41, 5.74) is -1.06. The van der Waals surface area contributed by atoms with E-state index in [0.29, 0.717) is 12.8 Å². The van der Waals surface area contributed by atoms with Crippen molar-refractivity contribution in [2.45, 2.75) is 33.6 Å². The molecule has 1 rings (SSSR count). The molecule has 4 amide bonds. The first kappa shape index (κ1) is 19.4. The molecule has 0 bridgehead atoms. The number of carboxylic acid groups (broad SMARTS) is 1. The monoisotopic (exact) mass is 269 g/mol. The molecule has 18 heavy (non-hydrogen) atoms. The van der Waals surface area contributed by atoms with E-state index < -0.39 is 29.2 Å². The molecular formula is C10H18N2NaO5. The van der Waals surface area contributed by atoms with Gasteiger partial charge in [-0.2, -0.15) is 0 Å². The number of carbonyl (C=O) groups excluding carboxylic acids is 3. The van der Waals surface area contributed by atoms with Crippen molar-refractivity contribution >= 4 is 53.4 Å². The minimum atomic E-state index is -1.06. The number of barbiturate groups is 1. The Morgan fingerprint density at radius 1 is 1.17 bits per heavy atom. The van der Waals surface area contributed by atoms with Crippen LogP contribution in [0.15, 0.2) is 0 Å². The van der Waals surface area contributed by atoms with Crippen LogP contribution in [0, 0.1) is 5.41 Å². The van der Waals surface area contributed by atoms with Gasteiger partial charge in [-0.1, -0.05) is 13.8 Å². The van der Waals surface area contributed by atoms with Crippen molar-refractivity contribution in [1.82, 2.24) is 10.6 Å². The van der Waals surface area contributed by atoms with Crippen molar-refractivity contribution in [3.05, 3.63) is 0 Å². The van der Waals surface area contributed by atoms with E-state index in [4.69, 9.17) is 9.90 Å². The van der Waals surface area contributed by atoms with E-state index in [1.54, 1.807) is 13.8 Å². The van der Waals surface area contributed by atoms with Gasteiger partial charge in [0.1, 0.15) is 5.41 Å². The second kappa shape index (κ2) is 8.23. The van der Waals surface area contributed by atoms with Gasteiger partial charge in [0, 0.05) is 37.9 Å². The van der Waals surface area contributed by atoms with Crippen molar-refractivity contribution in [3.8, 4) is 0 Å². The number of rotatable bonds is 2. The van der Waals surface area contributed by atoms with Crippen LogP contribution in [0.1, 0.15) is 35.0 Å². The van der Waals surface area contributed by atoms with E-state index in [1.807, 2.05) is 0 Å². The smallest absolute Gasteiger partial charge is 0.328 e. The first-order chi connectivity index (χ1) is 7.80. The molecule has 0 aliphatic carbocycles. The maximum Gasteiger partial charge on any atom is 0.328 e. The molecule has 3 N–H and O–H groups in total. The van der Waals surface area contributed by atoms with Crippen LogP contribution < -0.4 is 10.6 Å². The summed E-state index contributed by atoms with van der Waals surface area (Å²) in [7, 11) is 0. The number of nitrogens with one attached hydrogen (secondary N) is 2. The van der Waals surface area contributed by atoms with Crippen LogP contribution in [-0.4, -0.2) is 58.5 Å². The van der Waals surface area contributed by atoms with E-state index in [2.05, 4.69) is 10.6 Å². The summed E-state index contributed by atoms with van der Waals surface area (Å²) in [4.78, 5) is 42.6. The number of carboxylic acids is 1. The van der Waals surface area contributed by atoms with Crippen molar-refractivity contribution in [3.63, 3.8) is 0 Å². The van der Waals surface area contributed by atoms with Gasteiger partial charge in [-0.25, -0.2) is 4.79 Å². The van der Waals surface area contributed by atoms with E-state index in [9.17, 15) is 14.4 Å². The first-order valence-electron chi connectivity index (χ1n) is 5.16. The molecule has 1 fully saturated rings. The predicted octanol–water partition coefficient (Wildman–Crippen LogP) is 0.115. The Balaban J connectivity index is -0.000000379. The van der Waals surface area contributed by atoms with Gasteiger partial charge in [0.15, 0.2) is 0 Å². The number of aliphatic carboxylic acids is 1. The molecule has 7 nitrogen and oxygen atoms in total. The molecule has 8 heteroatoms. The second-order valence-corrected chi connectivity index (χ2v) is 3.55. The molecule has 1 aliphatic rings.